The highest BCUT2D eigenvalue weighted by molar-refractivity contribution is 5.92. The summed E-state index contributed by atoms with van der Waals surface area (Å²) in [7, 11) is 0. The highest BCUT2D eigenvalue weighted by atomic mass is 16.5. The van der Waals surface area contributed by atoms with E-state index in [-0.39, 0.29) is 5.78 Å². The van der Waals surface area contributed by atoms with E-state index in [9.17, 15) is 4.79 Å². The van der Waals surface area contributed by atoms with Crippen LogP contribution in [0.3, 0.4) is 0 Å². The molecule has 0 aromatic carbocycles. The molecule has 0 saturated heterocycles. The minimum Gasteiger partial charge on any atom is -0.492 e. The van der Waals surface area contributed by atoms with Crippen LogP contribution in [0.2, 0.25) is 0 Å². The Kier molecular flexibility index (Phi) is 4.28. The number of carbonyl (C=O) groups is 1. The lowest BCUT2D eigenvalue weighted by Gasteiger charge is -2.07. The molecule has 0 aliphatic rings. The molecular weight excluding hydrogens is 190 g/mol. The SMILES string of the molecule is CC(=O)c1ccc(OCCC(C)C)cn1. The molecule has 1 aromatic rings. The first-order chi connectivity index (χ1) is 7.09. The lowest BCUT2D eigenvalue weighted by Crippen LogP contribution is -2.02. The molecule has 0 saturated carbocycles. The van der Waals surface area contributed by atoms with E-state index < -0.39 is 0 Å². The van der Waals surface area contributed by atoms with E-state index in [1.54, 1.807) is 18.3 Å². The molecule has 0 fully saturated rings. The molecular formula is C12H17NO2. The molecule has 0 amide bonds. The molecule has 0 aliphatic heterocycles. The summed E-state index contributed by atoms with van der Waals surface area (Å²) in [6, 6.07) is 3.47. The third kappa shape index (κ3) is 4.11. The first kappa shape index (κ1) is 11.7. The summed E-state index contributed by atoms with van der Waals surface area (Å²) in [6.07, 6.45) is 2.62. The van der Waals surface area contributed by atoms with Gasteiger partial charge < -0.3 is 4.74 Å². The highest BCUT2D eigenvalue weighted by Crippen LogP contribution is 2.10. The van der Waals surface area contributed by atoms with Crippen LogP contribution < -0.4 is 4.74 Å². The van der Waals surface area contributed by atoms with Crippen molar-refractivity contribution >= 4 is 5.78 Å². The number of Topliss-reactive ketones (excluding diaryl/α,β-unsaturated/α-hetero) is 1. The van der Waals surface area contributed by atoms with Gasteiger partial charge in [0.2, 0.25) is 0 Å². The predicted molar refractivity (Wildman–Crippen MR) is 59.2 cm³/mol. The van der Waals surface area contributed by atoms with Crippen LogP contribution in [0, 0.1) is 5.92 Å². The maximum atomic E-state index is 11.0. The molecule has 0 N–H and O–H groups in total. The van der Waals surface area contributed by atoms with Crippen LogP contribution in [-0.2, 0) is 0 Å². The molecule has 1 aromatic heterocycles. The third-order valence-electron chi connectivity index (χ3n) is 2.06. The molecule has 0 bridgehead atoms. The Morgan fingerprint density at radius 2 is 2.20 bits per heavy atom. The van der Waals surface area contributed by atoms with Crippen LogP contribution in [0.4, 0.5) is 0 Å². The van der Waals surface area contributed by atoms with E-state index >= 15 is 0 Å². The van der Waals surface area contributed by atoms with Crippen molar-refractivity contribution in [3.05, 3.63) is 24.0 Å². The van der Waals surface area contributed by atoms with Crippen molar-refractivity contribution in [1.82, 2.24) is 4.98 Å². The number of ether oxygens (including phenoxy) is 1. The number of hydrogen-bond donors (Lipinski definition) is 0. The van der Waals surface area contributed by atoms with Gasteiger partial charge in [-0.1, -0.05) is 13.8 Å². The monoisotopic (exact) mass is 207 g/mol. The summed E-state index contributed by atoms with van der Waals surface area (Å²) in [6.45, 7) is 6.50. The Morgan fingerprint density at radius 3 is 2.67 bits per heavy atom. The smallest absolute Gasteiger partial charge is 0.178 e. The lowest BCUT2D eigenvalue weighted by molar-refractivity contribution is 0.101. The standard InChI is InChI=1S/C12H17NO2/c1-9(2)6-7-15-11-4-5-12(10(3)14)13-8-11/h4-5,8-9H,6-7H2,1-3H3. The molecule has 0 atom stereocenters. The normalized spacial score (nSPS) is 10.4. The number of pyridine rings is 1. The van der Waals surface area contributed by atoms with Crippen LogP contribution >= 0.6 is 0 Å². The maximum absolute atomic E-state index is 11.0. The van der Waals surface area contributed by atoms with Crippen LogP contribution in [0.1, 0.15) is 37.7 Å². The van der Waals surface area contributed by atoms with Crippen molar-refractivity contribution in [2.24, 2.45) is 5.92 Å². The zero-order valence-electron chi connectivity index (χ0n) is 9.49. The first-order valence-electron chi connectivity index (χ1n) is 5.19. The number of rotatable bonds is 5. The molecule has 15 heavy (non-hydrogen) atoms. The van der Waals surface area contributed by atoms with Gasteiger partial charge in [-0.15, -0.1) is 0 Å². The quantitative estimate of drug-likeness (QED) is 0.697. The number of hydrogen-bond acceptors (Lipinski definition) is 3. The minimum atomic E-state index is -0.0243. The van der Waals surface area contributed by atoms with E-state index in [1.165, 1.54) is 6.92 Å². The summed E-state index contributed by atoms with van der Waals surface area (Å²) in [5.74, 6) is 1.33. The van der Waals surface area contributed by atoms with E-state index in [4.69, 9.17) is 4.74 Å². The van der Waals surface area contributed by atoms with Gasteiger partial charge in [0.25, 0.3) is 0 Å². The fraction of sp³-hybridized carbons (Fsp3) is 0.500. The van der Waals surface area contributed by atoms with Gasteiger partial charge in [-0.2, -0.15) is 0 Å². The highest BCUT2D eigenvalue weighted by Gasteiger charge is 2.01. The van der Waals surface area contributed by atoms with Crippen molar-refractivity contribution < 1.29 is 9.53 Å². The summed E-state index contributed by atoms with van der Waals surface area (Å²) >= 11 is 0. The second-order valence-corrected chi connectivity index (χ2v) is 3.97. The minimum absolute atomic E-state index is 0.0243. The predicted octanol–water partition coefficient (Wildman–Crippen LogP) is 2.71. The average molecular weight is 207 g/mol. The van der Waals surface area contributed by atoms with Gasteiger partial charge in [0.1, 0.15) is 11.4 Å². The largest absolute Gasteiger partial charge is 0.492 e. The Hall–Kier alpha value is -1.38. The van der Waals surface area contributed by atoms with Crippen LogP contribution in [-0.4, -0.2) is 17.4 Å². The van der Waals surface area contributed by atoms with Crippen molar-refractivity contribution in [3.63, 3.8) is 0 Å². The van der Waals surface area contributed by atoms with Crippen LogP contribution in [0.5, 0.6) is 5.75 Å². The van der Waals surface area contributed by atoms with E-state index in [0.717, 1.165) is 12.2 Å². The van der Waals surface area contributed by atoms with Crippen molar-refractivity contribution in [2.45, 2.75) is 27.2 Å². The van der Waals surface area contributed by atoms with Gasteiger partial charge in [-0.25, -0.2) is 4.98 Å². The lowest BCUT2D eigenvalue weighted by atomic mass is 10.1. The molecule has 0 aliphatic carbocycles. The Bertz CT molecular complexity index is 317. The van der Waals surface area contributed by atoms with Gasteiger partial charge >= 0.3 is 0 Å². The summed E-state index contributed by atoms with van der Waals surface area (Å²) in [4.78, 5) is 15.0. The molecule has 0 unspecified atom stereocenters. The number of ketones is 1. The molecule has 1 heterocycles. The number of carbonyl (C=O) groups excluding carboxylic acids is 1. The van der Waals surface area contributed by atoms with Gasteiger partial charge in [0, 0.05) is 6.92 Å². The van der Waals surface area contributed by atoms with Crippen molar-refractivity contribution in [3.8, 4) is 5.75 Å². The second-order valence-electron chi connectivity index (χ2n) is 3.97. The number of aromatic nitrogens is 1. The summed E-state index contributed by atoms with van der Waals surface area (Å²) < 4.78 is 5.48. The van der Waals surface area contributed by atoms with E-state index in [0.29, 0.717) is 18.2 Å². The zero-order chi connectivity index (χ0) is 11.3. The Morgan fingerprint density at radius 1 is 1.47 bits per heavy atom. The van der Waals surface area contributed by atoms with Crippen molar-refractivity contribution in [2.75, 3.05) is 6.61 Å². The molecule has 1 rings (SSSR count). The van der Waals surface area contributed by atoms with Crippen molar-refractivity contribution in [1.29, 1.82) is 0 Å². The average Bonchev–Trinajstić information content (AvgIpc) is 2.18. The van der Waals surface area contributed by atoms with Gasteiger partial charge in [0.15, 0.2) is 5.78 Å². The molecule has 82 valence electrons. The maximum Gasteiger partial charge on any atom is 0.178 e. The molecule has 0 radical (unpaired) electrons. The van der Waals surface area contributed by atoms with Crippen LogP contribution in [0.15, 0.2) is 18.3 Å². The van der Waals surface area contributed by atoms with E-state index in [2.05, 4.69) is 18.8 Å². The van der Waals surface area contributed by atoms with Gasteiger partial charge in [0.05, 0.1) is 12.8 Å². The van der Waals surface area contributed by atoms with Gasteiger partial charge in [-0.05, 0) is 24.5 Å². The topological polar surface area (TPSA) is 39.2 Å². The Labute approximate surface area is 90.5 Å². The summed E-state index contributed by atoms with van der Waals surface area (Å²) in [5, 5.41) is 0. The fourth-order valence-corrected chi connectivity index (χ4v) is 1.09. The Balaban J connectivity index is 2.46. The summed E-state index contributed by atoms with van der Waals surface area (Å²) in [5.41, 5.74) is 0.478. The third-order valence-corrected chi connectivity index (χ3v) is 2.06. The molecule has 0 spiro atoms. The fourth-order valence-electron chi connectivity index (χ4n) is 1.09. The number of nitrogens with zero attached hydrogens (tertiary/aromatic N) is 1. The molecule has 3 nitrogen and oxygen atoms in total. The first-order valence-corrected chi connectivity index (χ1v) is 5.19. The zero-order valence-corrected chi connectivity index (χ0v) is 9.49. The van der Waals surface area contributed by atoms with Crippen LogP contribution in [0.25, 0.3) is 0 Å². The molecule has 3 heteroatoms. The van der Waals surface area contributed by atoms with E-state index in [1.807, 2.05) is 0 Å². The van der Waals surface area contributed by atoms with Gasteiger partial charge in [-0.3, -0.25) is 4.79 Å². The second kappa shape index (κ2) is 5.49.